The van der Waals surface area contributed by atoms with Gasteiger partial charge in [0.15, 0.2) is 0 Å². The molecule has 2 N–H and O–H groups in total. The van der Waals surface area contributed by atoms with E-state index in [2.05, 4.69) is 87.4 Å². The number of imidazole rings is 1. The maximum Gasteiger partial charge on any atom is 0.140 e. The number of H-pyrrole nitrogens is 2. The molecule has 2 aromatic heterocycles. The molecule has 0 unspecified atom stereocenters. The molecule has 136 valence electrons. The average Bonchev–Trinajstić information content (AvgIpc) is 3.29. The van der Waals surface area contributed by atoms with Crippen molar-refractivity contribution in [3.8, 4) is 33.9 Å². The Labute approximate surface area is 171 Å². The van der Waals surface area contributed by atoms with E-state index in [1.807, 2.05) is 24.3 Å². The van der Waals surface area contributed by atoms with Crippen LogP contribution in [-0.2, 0) is 0 Å². The number of aryl methyl sites for hydroxylation is 1. The van der Waals surface area contributed by atoms with Crippen molar-refractivity contribution in [3.05, 3.63) is 89.0 Å². The zero-order valence-corrected chi connectivity index (χ0v) is 16.9. The molecule has 2 heterocycles. The Hall–Kier alpha value is -3.11. The number of benzene rings is 3. The SMILES string of the molecule is Cc1[nH]c2ccc(Br)cc2c1-c1nc(-c2ccccc2)c(-c2ccccc2)[nH]1. The highest BCUT2D eigenvalue weighted by Crippen LogP contribution is 2.37. The number of fused-ring (bicyclic) bond motifs is 1. The van der Waals surface area contributed by atoms with Crippen LogP contribution in [0, 0.1) is 6.92 Å². The van der Waals surface area contributed by atoms with Crippen LogP contribution in [-0.4, -0.2) is 15.0 Å². The van der Waals surface area contributed by atoms with Crippen LogP contribution in [0.15, 0.2) is 83.3 Å². The van der Waals surface area contributed by atoms with Crippen LogP contribution < -0.4 is 0 Å². The number of hydrogen-bond donors (Lipinski definition) is 2. The standard InChI is InChI=1S/C24H18BrN3/c1-15-21(19-14-18(25)12-13-20(19)26-15)24-27-22(16-8-4-2-5-9-16)23(28-24)17-10-6-3-7-11-17/h2-14,26H,1H3,(H,27,28). The summed E-state index contributed by atoms with van der Waals surface area (Å²) in [6, 6.07) is 27.0. The van der Waals surface area contributed by atoms with Crippen molar-refractivity contribution in [2.24, 2.45) is 0 Å². The third-order valence-electron chi connectivity index (χ3n) is 5.00. The first-order valence-corrected chi connectivity index (χ1v) is 9.99. The molecule has 3 nitrogen and oxygen atoms in total. The largest absolute Gasteiger partial charge is 0.358 e. The minimum Gasteiger partial charge on any atom is -0.358 e. The minimum absolute atomic E-state index is 0.875. The average molecular weight is 428 g/mol. The van der Waals surface area contributed by atoms with Gasteiger partial charge in [0.05, 0.1) is 11.4 Å². The summed E-state index contributed by atoms with van der Waals surface area (Å²) in [6.45, 7) is 2.09. The van der Waals surface area contributed by atoms with Crippen molar-refractivity contribution >= 4 is 26.8 Å². The molecular weight excluding hydrogens is 410 g/mol. The third kappa shape index (κ3) is 2.86. The van der Waals surface area contributed by atoms with Gasteiger partial charge in [-0.1, -0.05) is 76.6 Å². The Morgan fingerprint density at radius 1 is 0.786 bits per heavy atom. The normalized spacial score (nSPS) is 11.2. The van der Waals surface area contributed by atoms with Crippen molar-refractivity contribution in [1.82, 2.24) is 15.0 Å². The summed E-state index contributed by atoms with van der Waals surface area (Å²) >= 11 is 3.60. The predicted molar refractivity (Wildman–Crippen MR) is 119 cm³/mol. The number of nitrogens with one attached hydrogen (secondary N) is 2. The first-order valence-electron chi connectivity index (χ1n) is 9.20. The molecule has 0 saturated carbocycles. The highest BCUT2D eigenvalue weighted by atomic mass is 79.9. The van der Waals surface area contributed by atoms with Crippen LogP contribution in [0.2, 0.25) is 0 Å². The van der Waals surface area contributed by atoms with Gasteiger partial charge in [-0.2, -0.15) is 0 Å². The molecule has 0 fully saturated rings. The lowest BCUT2D eigenvalue weighted by atomic mass is 10.1. The van der Waals surface area contributed by atoms with Gasteiger partial charge in [-0.3, -0.25) is 0 Å². The first kappa shape index (κ1) is 17.0. The number of nitrogens with zero attached hydrogens (tertiary/aromatic N) is 1. The van der Waals surface area contributed by atoms with Crippen LogP contribution >= 0.6 is 15.9 Å². The Bertz CT molecular complexity index is 1210. The monoisotopic (exact) mass is 427 g/mol. The van der Waals surface area contributed by atoms with E-state index in [4.69, 9.17) is 4.98 Å². The number of rotatable bonds is 3. The highest BCUT2D eigenvalue weighted by molar-refractivity contribution is 9.10. The van der Waals surface area contributed by atoms with Crippen molar-refractivity contribution < 1.29 is 0 Å². The summed E-state index contributed by atoms with van der Waals surface area (Å²) in [4.78, 5) is 12.1. The summed E-state index contributed by atoms with van der Waals surface area (Å²) < 4.78 is 1.05. The molecule has 3 aromatic carbocycles. The third-order valence-corrected chi connectivity index (χ3v) is 5.49. The molecule has 0 aliphatic rings. The van der Waals surface area contributed by atoms with Gasteiger partial charge in [0.1, 0.15) is 5.82 Å². The summed E-state index contributed by atoms with van der Waals surface area (Å²) in [5.41, 5.74) is 7.53. The molecular formula is C24H18BrN3. The Kier molecular flexibility index (Phi) is 4.14. The topological polar surface area (TPSA) is 44.5 Å². The summed E-state index contributed by atoms with van der Waals surface area (Å²) in [5.74, 6) is 0.875. The summed E-state index contributed by atoms with van der Waals surface area (Å²) in [7, 11) is 0. The van der Waals surface area contributed by atoms with E-state index in [1.54, 1.807) is 0 Å². The van der Waals surface area contributed by atoms with Gasteiger partial charge < -0.3 is 9.97 Å². The van der Waals surface area contributed by atoms with Crippen molar-refractivity contribution in [2.45, 2.75) is 6.92 Å². The van der Waals surface area contributed by atoms with Gasteiger partial charge in [-0.25, -0.2) is 4.98 Å². The van der Waals surface area contributed by atoms with Crippen molar-refractivity contribution in [1.29, 1.82) is 0 Å². The van der Waals surface area contributed by atoms with Gasteiger partial charge in [0.25, 0.3) is 0 Å². The van der Waals surface area contributed by atoms with Crippen molar-refractivity contribution in [3.63, 3.8) is 0 Å². The van der Waals surface area contributed by atoms with Gasteiger partial charge in [-0.05, 0) is 25.1 Å². The number of aromatic nitrogens is 3. The zero-order valence-electron chi connectivity index (χ0n) is 15.3. The molecule has 0 radical (unpaired) electrons. The molecule has 28 heavy (non-hydrogen) atoms. The minimum atomic E-state index is 0.875. The molecule has 5 rings (SSSR count). The molecule has 0 amide bonds. The number of hydrogen-bond acceptors (Lipinski definition) is 1. The molecule has 5 aromatic rings. The zero-order chi connectivity index (χ0) is 19.1. The van der Waals surface area contributed by atoms with Crippen LogP contribution in [0.25, 0.3) is 44.8 Å². The van der Waals surface area contributed by atoms with E-state index in [-0.39, 0.29) is 0 Å². The Morgan fingerprint density at radius 3 is 2.18 bits per heavy atom. The maximum absolute atomic E-state index is 5.05. The highest BCUT2D eigenvalue weighted by Gasteiger charge is 2.19. The van der Waals surface area contributed by atoms with Gasteiger partial charge in [0, 0.05) is 37.8 Å². The predicted octanol–water partition coefficient (Wildman–Crippen LogP) is 6.96. The van der Waals surface area contributed by atoms with Gasteiger partial charge in [0.2, 0.25) is 0 Å². The quantitative estimate of drug-likeness (QED) is 0.321. The van der Waals surface area contributed by atoms with E-state index >= 15 is 0 Å². The van der Waals surface area contributed by atoms with Gasteiger partial charge in [-0.15, -0.1) is 0 Å². The molecule has 4 heteroatoms. The lowest BCUT2D eigenvalue weighted by Crippen LogP contribution is -1.83. The van der Waals surface area contributed by atoms with Crippen LogP contribution in [0.1, 0.15) is 5.69 Å². The summed E-state index contributed by atoms with van der Waals surface area (Å²) in [5, 5.41) is 1.15. The fourth-order valence-electron chi connectivity index (χ4n) is 3.71. The van der Waals surface area contributed by atoms with Crippen LogP contribution in [0.3, 0.4) is 0 Å². The lowest BCUT2D eigenvalue weighted by molar-refractivity contribution is 1.25. The fraction of sp³-hybridized carbons (Fsp3) is 0.0417. The summed E-state index contributed by atoms with van der Waals surface area (Å²) in [6.07, 6.45) is 0. The number of aromatic amines is 2. The van der Waals surface area contributed by atoms with Gasteiger partial charge >= 0.3 is 0 Å². The molecule has 0 spiro atoms. The fourth-order valence-corrected chi connectivity index (χ4v) is 4.08. The van der Waals surface area contributed by atoms with Crippen molar-refractivity contribution in [2.75, 3.05) is 0 Å². The molecule has 0 bridgehead atoms. The second-order valence-corrected chi connectivity index (χ2v) is 7.77. The molecule has 0 atom stereocenters. The van der Waals surface area contributed by atoms with Crippen LogP contribution in [0.5, 0.6) is 0 Å². The second kappa shape index (κ2) is 6.80. The first-order chi connectivity index (χ1) is 13.7. The van der Waals surface area contributed by atoms with E-state index in [9.17, 15) is 0 Å². The smallest absolute Gasteiger partial charge is 0.140 e. The molecule has 0 aliphatic carbocycles. The molecule has 0 aliphatic heterocycles. The molecule has 0 saturated heterocycles. The van der Waals surface area contributed by atoms with Crippen LogP contribution in [0.4, 0.5) is 0 Å². The number of halogens is 1. The van der Waals surface area contributed by atoms with E-state index in [0.717, 1.165) is 55.0 Å². The van der Waals surface area contributed by atoms with E-state index in [0.29, 0.717) is 0 Å². The Balaban J connectivity index is 1.78. The second-order valence-electron chi connectivity index (χ2n) is 6.86. The lowest BCUT2D eigenvalue weighted by Gasteiger charge is -2.02. The Morgan fingerprint density at radius 2 is 1.46 bits per heavy atom. The van der Waals surface area contributed by atoms with E-state index < -0.39 is 0 Å². The van der Waals surface area contributed by atoms with E-state index in [1.165, 1.54) is 0 Å². The maximum atomic E-state index is 5.05.